The van der Waals surface area contributed by atoms with Crippen LogP contribution >= 0.6 is 0 Å². The summed E-state index contributed by atoms with van der Waals surface area (Å²) in [5.74, 6) is 0. The van der Waals surface area contributed by atoms with Gasteiger partial charge in [-0.2, -0.15) is 0 Å². The van der Waals surface area contributed by atoms with E-state index in [-0.39, 0.29) is 0 Å². The Morgan fingerprint density at radius 3 is 2.55 bits per heavy atom. The average Bonchev–Trinajstić information content (AvgIpc) is 2.48. The fraction of sp³-hybridized carbons (Fsp3) is 0.412. The molecule has 3 heteroatoms. The number of nitrogens with zero attached hydrogens (tertiary/aromatic N) is 2. The number of nitrogens with one attached hydrogen (secondary N) is 1. The first-order valence-electron chi connectivity index (χ1n) is 7.39. The molecule has 0 unspecified atom stereocenters. The van der Waals surface area contributed by atoms with Gasteiger partial charge in [0.25, 0.3) is 0 Å². The smallest absolute Gasteiger partial charge is 0.0301 e. The number of benzene rings is 1. The fourth-order valence-corrected chi connectivity index (χ4v) is 2.39. The summed E-state index contributed by atoms with van der Waals surface area (Å²) in [6, 6.07) is 10.7. The van der Waals surface area contributed by atoms with Crippen LogP contribution in [0.4, 0.5) is 0 Å². The van der Waals surface area contributed by atoms with Crippen molar-refractivity contribution in [1.29, 1.82) is 0 Å². The molecule has 0 saturated carbocycles. The van der Waals surface area contributed by atoms with Crippen molar-refractivity contribution in [3.63, 3.8) is 0 Å². The second-order valence-electron chi connectivity index (χ2n) is 5.17. The largest absolute Gasteiger partial charge is 0.386 e. The van der Waals surface area contributed by atoms with Crippen molar-refractivity contribution >= 4 is 0 Å². The molecule has 20 heavy (non-hydrogen) atoms. The summed E-state index contributed by atoms with van der Waals surface area (Å²) in [6.45, 7) is 12.4. The van der Waals surface area contributed by atoms with Crippen LogP contribution in [-0.2, 0) is 6.54 Å². The normalized spacial score (nSPS) is 16.6. The van der Waals surface area contributed by atoms with Crippen molar-refractivity contribution in [2.45, 2.75) is 13.5 Å². The number of allylic oxidation sites excluding steroid dienone is 1. The van der Waals surface area contributed by atoms with Crippen LogP contribution < -0.4 is 5.32 Å². The SMILES string of the molecule is C=C(/C=C/N1CCN(Cc2ccccc2)CC1)NCC. The van der Waals surface area contributed by atoms with Crippen molar-refractivity contribution in [2.24, 2.45) is 0 Å². The van der Waals surface area contributed by atoms with Gasteiger partial charge < -0.3 is 10.2 Å². The molecule has 0 radical (unpaired) electrons. The maximum Gasteiger partial charge on any atom is 0.0301 e. The van der Waals surface area contributed by atoms with E-state index in [9.17, 15) is 0 Å². The van der Waals surface area contributed by atoms with Crippen molar-refractivity contribution in [2.75, 3.05) is 32.7 Å². The zero-order chi connectivity index (χ0) is 14.2. The van der Waals surface area contributed by atoms with E-state index in [0.717, 1.165) is 45.0 Å². The number of rotatable bonds is 6. The minimum absolute atomic E-state index is 0.925. The predicted molar refractivity (Wildman–Crippen MR) is 85.2 cm³/mol. The van der Waals surface area contributed by atoms with Crippen LogP contribution in [0.3, 0.4) is 0 Å². The van der Waals surface area contributed by atoms with Gasteiger partial charge in [-0.05, 0) is 18.6 Å². The van der Waals surface area contributed by atoms with Crippen molar-refractivity contribution < 1.29 is 0 Å². The molecule has 1 aliphatic heterocycles. The van der Waals surface area contributed by atoms with Gasteiger partial charge in [-0.1, -0.05) is 36.9 Å². The third kappa shape index (κ3) is 4.74. The summed E-state index contributed by atoms with van der Waals surface area (Å²) in [6.07, 6.45) is 4.22. The summed E-state index contributed by atoms with van der Waals surface area (Å²) < 4.78 is 0. The molecule has 1 aromatic rings. The lowest BCUT2D eigenvalue weighted by Crippen LogP contribution is -2.43. The molecule has 1 aliphatic rings. The maximum absolute atomic E-state index is 3.96. The van der Waals surface area contributed by atoms with Crippen LogP contribution in [0, 0.1) is 0 Å². The van der Waals surface area contributed by atoms with Gasteiger partial charge >= 0.3 is 0 Å². The lowest BCUT2D eigenvalue weighted by Gasteiger charge is -2.34. The Labute approximate surface area is 122 Å². The summed E-state index contributed by atoms with van der Waals surface area (Å²) in [5.41, 5.74) is 2.39. The molecule has 108 valence electrons. The molecule has 1 fully saturated rings. The van der Waals surface area contributed by atoms with Gasteiger partial charge in [-0.25, -0.2) is 0 Å². The molecule has 0 spiro atoms. The van der Waals surface area contributed by atoms with E-state index in [1.54, 1.807) is 0 Å². The van der Waals surface area contributed by atoms with Crippen molar-refractivity contribution in [3.05, 3.63) is 60.4 Å². The Hall–Kier alpha value is -1.74. The lowest BCUT2D eigenvalue weighted by atomic mass is 10.2. The highest BCUT2D eigenvalue weighted by Gasteiger charge is 2.14. The molecule has 3 nitrogen and oxygen atoms in total. The molecular weight excluding hydrogens is 246 g/mol. The van der Waals surface area contributed by atoms with Gasteiger partial charge in [0.15, 0.2) is 0 Å². The van der Waals surface area contributed by atoms with E-state index in [1.165, 1.54) is 5.56 Å². The van der Waals surface area contributed by atoms with Crippen molar-refractivity contribution in [1.82, 2.24) is 15.1 Å². The molecule has 0 aromatic heterocycles. The minimum Gasteiger partial charge on any atom is -0.386 e. The maximum atomic E-state index is 3.96. The third-order valence-electron chi connectivity index (χ3n) is 3.55. The quantitative estimate of drug-likeness (QED) is 0.802. The monoisotopic (exact) mass is 271 g/mol. The van der Waals surface area contributed by atoms with Crippen LogP contribution in [0.25, 0.3) is 0 Å². The summed E-state index contributed by atoms with van der Waals surface area (Å²) in [4.78, 5) is 4.88. The fourth-order valence-electron chi connectivity index (χ4n) is 2.39. The van der Waals surface area contributed by atoms with Gasteiger partial charge in [-0.3, -0.25) is 4.90 Å². The number of piperazine rings is 1. The van der Waals surface area contributed by atoms with Gasteiger partial charge in [0, 0.05) is 51.2 Å². The summed E-state index contributed by atoms with van der Waals surface area (Å²) >= 11 is 0. The molecule has 0 aliphatic carbocycles. The first-order chi connectivity index (χ1) is 9.78. The Morgan fingerprint density at radius 1 is 1.20 bits per heavy atom. The first kappa shape index (κ1) is 14.7. The molecule has 0 amide bonds. The first-order valence-corrected chi connectivity index (χ1v) is 7.39. The Morgan fingerprint density at radius 2 is 1.90 bits per heavy atom. The van der Waals surface area contributed by atoms with Crippen molar-refractivity contribution in [3.8, 4) is 0 Å². The Bertz CT molecular complexity index is 431. The highest BCUT2D eigenvalue weighted by atomic mass is 15.2. The predicted octanol–water partition coefficient (Wildman–Crippen LogP) is 2.44. The lowest BCUT2D eigenvalue weighted by molar-refractivity contribution is 0.162. The second-order valence-corrected chi connectivity index (χ2v) is 5.17. The number of likely N-dealkylation sites (N-methyl/N-ethyl adjacent to an activating group) is 1. The van der Waals surface area contributed by atoms with Gasteiger partial charge in [0.05, 0.1) is 0 Å². The van der Waals surface area contributed by atoms with Crippen LogP contribution in [-0.4, -0.2) is 42.5 Å². The average molecular weight is 271 g/mol. The molecule has 0 bridgehead atoms. The molecule has 1 saturated heterocycles. The summed E-state index contributed by atoms with van der Waals surface area (Å²) in [7, 11) is 0. The Balaban J connectivity index is 1.74. The summed E-state index contributed by atoms with van der Waals surface area (Å²) in [5, 5.41) is 3.21. The topological polar surface area (TPSA) is 18.5 Å². The highest BCUT2D eigenvalue weighted by Crippen LogP contribution is 2.08. The molecular formula is C17H25N3. The molecule has 0 atom stereocenters. The zero-order valence-corrected chi connectivity index (χ0v) is 12.4. The molecule has 2 rings (SSSR count). The minimum atomic E-state index is 0.925. The van der Waals surface area contributed by atoms with Crippen LogP contribution in [0.5, 0.6) is 0 Å². The van der Waals surface area contributed by atoms with Crippen LogP contribution in [0.15, 0.2) is 54.9 Å². The van der Waals surface area contributed by atoms with E-state index in [2.05, 4.69) is 71.2 Å². The zero-order valence-electron chi connectivity index (χ0n) is 12.4. The van der Waals surface area contributed by atoms with E-state index in [1.807, 2.05) is 0 Å². The third-order valence-corrected chi connectivity index (χ3v) is 3.55. The van der Waals surface area contributed by atoms with E-state index in [0.29, 0.717) is 0 Å². The van der Waals surface area contributed by atoms with E-state index in [4.69, 9.17) is 0 Å². The molecule has 1 aromatic carbocycles. The second kappa shape index (κ2) is 7.75. The number of hydrogen-bond donors (Lipinski definition) is 1. The standard InChI is InChI=1S/C17H25N3/c1-3-18-16(2)9-10-19-11-13-20(14-12-19)15-17-7-5-4-6-8-17/h4-10,18H,2-3,11-15H2,1H3/b10-9+. The van der Waals surface area contributed by atoms with Gasteiger partial charge in [-0.15, -0.1) is 0 Å². The number of hydrogen-bond acceptors (Lipinski definition) is 3. The van der Waals surface area contributed by atoms with E-state index < -0.39 is 0 Å². The van der Waals surface area contributed by atoms with Gasteiger partial charge in [0.1, 0.15) is 0 Å². The van der Waals surface area contributed by atoms with E-state index >= 15 is 0 Å². The Kier molecular flexibility index (Phi) is 5.69. The van der Waals surface area contributed by atoms with Crippen LogP contribution in [0.1, 0.15) is 12.5 Å². The molecule has 1 heterocycles. The highest BCUT2D eigenvalue weighted by molar-refractivity contribution is 5.15. The van der Waals surface area contributed by atoms with Gasteiger partial charge in [0.2, 0.25) is 0 Å². The van der Waals surface area contributed by atoms with Crippen LogP contribution in [0.2, 0.25) is 0 Å². The molecule has 1 N–H and O–H groups in total.